The highest BCUT2D eigenvalue weighted by Gasteiger charge is 2.33. The van der Waals surface area contributed by atoms with Crippen LogP contribution < -0.4 is 5.56 Å². The maximum Gasteiger partial charge on any atom is 0.261 e. The van der Waals surface area contributed by atoms with Gasteiger partial charge in [0.2, 0.25) is 5.91 Å². The molecule has 1 unspecified atom stereocenters. The van der Waals surface area contributed by atoms with E-state index in [9.17, 15) is 9.59 Å². The topological polar surface area (TPSA) is 55.2 Å². The molecule has 1 aromatic heterocycles. The summed E-state index contributed by atoms with van der Waals surface area (Å²) in [6.45, 7) is 5.13. The van der Waals surface area contributed by atoms with Gasteiger partial charge in [-0.15, -0.1) is 0 Å². The lowest BCUT2D eigenvalue weighted by Crippen LogP contribution is -2.43. The van der Waals surface area contributed by atoms with E-state index >= 15 is 0 Å². The average molecular weight is 480 g/mol. The largest absolute Gasteiger partial charge is 0.332 e. The maximum atomic E-state index is 13.9. The third-order valence-corrected chi connectivity index (χ3v) is 7.28. The lowest BCUT2D eigenvalue weighted by molar-refractivity contribution is -0.139. The zero-order chi connectivity index (χ0) is 24.1. The van der Waals surface area contributed by atoms with Gasteiger partial charge in [0, 0.05) is 24.0 Å². The predicted molar refractivity (Wildman–Crippen MR) is 138 cm³/mol. The van der Waals surface area contributed by atoms with E-state index < -0.39 is 0 Å². The van der Waals surface area contributed by atoms with Crippen molar-refractivity contribution in [1.82, 2.24) is 14.5 Å². The van der Waals surface area contributed by atoms with E-state index in [1.807, 2.05) is 30.0 Å². The highest BCUT2D eigenvalue weighted by atomic mass is 35.5. The van der Waals surface area contributed by atoms with Crippen molar-refractivity contribution in [3.63, 3.8) is 0 Å². The predicted octanol–water partition coefficient (Wildman–Crippen LogP) is 6.17. The number of hydrogen-bond acceptors (Lipinski definition) is 3. The fraction of sp³-hybridized carbons (Fsp3) is 0.464. The molecule has 4 rings (SSSR count). The van der Waals surface area contributed by atoms with Gasteiger partial charge in [-0.25, -0.2) is 4.98 Å². The molecule has 0 saturated heterocycles. The highest BCUT2D eigenvalue weighted by molar-refractivity contribution is 6.31. The Morgan fingerprint density at radius 2 is 1.85 bits per heavy atom. The average Bonchev–Trinajstić information content (AvgIpc) is 2.87. The van der Waals surface area contributed by atoms with Gasteiger partial charge in [-0.3, -0.25) is 14.2 Å². The molecule has 1 aliphatic rings. The number of carbonyl (C=O) groups is 1. The molecule has 0 radical (unpaired) electrons. The van der Waals surface area contributed by atoms with E-state index in [-0.39, 0.29) is 23.4 Å². The van der Waals surface area contributed by atoms with E-state index in [1.165, 1.54) is 12.0 Å². The van der Waals surface area contributed by atoms with Crippen LogP contribution in [0.25, 0.3) is 10.9 Å². The number of hydrogen-bond donors (Lipinski definition) is 0. The summed E-state index contributed by atoms with van der Waals surface area (Å²) in [4.78, 5) is 34.2. The molecule has 1 atom stereocenters. The van der Waals surface area contributed by atoms with Crippen molar-refractivity contribution >= 4 is 28.4 Å². The molecular weight excluding hydrogens is 446 g/mol. The Labute approximate surface area is 206 Å². The summed E-state index contributed by atoms with van der Waals surface area (Å²) >= 11 is 6.23. The molecule has 6 heteroatoms. The van der Waals surface area contributed by atoms with Crippen molar-refractivity contribution in [3.05, 3.63) is 75.3 Å². The minimum absolute atomic E-state index is 0.0512. The van der Waals surface area contributed by atoms with Crippen LogP contribution in [0.4, 0.5) is 0 Å². The highest BCUT2D eigenvalue weighted by Crippen LogP contribution is 2.31. The van der Waals surface area contributed by atoms with E-state index in [0.717, 1.165) is 32.1 Å². The smallest absolute Gasteiger partial charge is 0.261 e. The number of benzene rings is 2. The molecular formula is C28H34ClN3O2. The van der Waals surface area contributed by atoms with Crippen LogP contribution in [-0.4, -0.2) is 26.9 Å². The standard InChI is InChI=1S/C28H34ClN3O2/c1-3-25(26-30-24-19-22(29)15-16-23(24)28(34)31(26)4-2)32(18-17-20-11-7-5-8-12-20)27(33)21-13-9-6-10-14-21/h5,7-8,11-12,15-16,19,21,25H,3-4,6,9-10,13-14,17-18H2,1-2H3. The van der Waals surface area contributed by atoms with E-state index in [0.29, 0.717) is 41.3 Å². The number of fused-ring (bicyclic) bond motifs is 1. The van der Waals surface area contributed by atoms with Gasteiger partial charge in [0.25, 0.3) is 5.56 Å². The van der Waals surface area contributed by atoms with Crippen molar-refractivity contribution in [3.8, 4) is 0 Å². The number of amides is 1. The fourth-order valence-corrected chi connectivity index (χ4v) is 5.38. The minimum Gasteiger partial charge on any atom is -0.332 e. The van der Waals surface area contributed by atoms with Gasteiger partial charge in [-0.2, -0.15) is 0 Å². The summed E-state index contributed by atoms with van der Waals surface area (Å²) in [7, 11) is 0. The van der Waals surface area contributed by atoms with E-state index in [2.05, 4.69) is 19.1 Å². The van der Waals surface area contributed by atoms with Gasteiger partial charge >= 0.3 is 0 Å². The summed E-state index contributed by atoms with van der Waals surface area (Å²) < 4.78 is 1.73. The number of carbonyl (C=O) groups excluding carboxylic acids is 1. The molecule has 0 aliphatic heterocycles. The number of halogens is 1. The molecule has 1 aliphatic carbocycles. The summed E-state index contributed by atoms with van der Waals surface area (Å²) in [6.07, 6.45) is 6.75. The van der Waals surface area contributed by atoms with Gasteiger partial charge < -0.3 is 4.90 Å². The van der Waals surface area contributed by atoms with Crippen LogP contribution in [0.3, 0.4) is 0 Å². The zero-order valence-electron chi connectivity index (χ0n) is 20.2. The molecule has 1 saturated carbocycles. The summed E-state index contributed by atoms with van der Waals surface area (Å²) in [5.74, 6) is 0.905. The first-order chi connectivity index (χ1) is 16.5. The van der Waals surface area contributed by atoms with Crippen molar-refractivity contribution < 1.29 is 4.79 Å². The fourth-order valence-electron chi connectivity index (χ4n) is 5.21. The van der Waals surface area contributed by atoms with Crippen molar-refractivity contribution in [2.45, 2.75) is 71.4 Å². The van der Waals surface area contributed by atoms with Crippen molar-refractivity contribution in [2.24, 2.45) is 5.92 Å². The van der Waals surface area contributed by atoms with Crippen LogP contribution >= 0.6 is 11.6 Å². The van der Waals surface area contributed by atoms with Gasteiger partial charge in [0.15, 0.2) is 0 Å². The zero-order valence-corrected chi connectivity index (χ0v) is 20.9. The Bertz CT molecular complexity index is 1190. The molecule has 0 spiro atoms. The molecule has 34 heavy (non-hydrogen) atoms. The molecule has 1 fully saturated rings. The Morgan fingerprint density at radius 3 is 2.53 bits per heavy atom. The molecule has 1 amide bonds. The second kappa shape index (κ2) is 11.2. The van der Waals surface area contributed by atoms with Crippen LogP contribution in [0.15, 0.2) is 53.3 Å². The molecule has 1 heterocycles. The van der Waals surface area contributed by atoms with Crippen LogP contribution in [0.2, 0.25) is 5.02 Å². The molecule has 5 nitrogen and oxygen atoms in total. The Morgan fingerprint density at radius 1 is 1.12 bits per heavy atom. The Kier molecular flexibility index (Phi) is 8.04. The van der Waals surface area contributed by atoms with Crippen LogP contribution in [-0.2, 0) is 17.8 Å². The Balaban J connectivity index is 1.77. The first kappa shape index (κ1) is 24.5. The minimum atomic E-state index is -0.269. The monoisotopic (exact) mass is 479 g/mol. The normalized spacial score (nSPS) is 15.4. The second-order valence-electron chi connectivity index (χ2n) is 9.21. The van der Waals surface area contributed by atoms with Crippen molar-refractivity contribution in [1.29, 1.82) is 0 Å². The molecule has 0 N–H and O–H groups in total. The SMILES string of the molecule is CCC(c1nc2cc(Cl)ccc2c(=O)n1CC)N(CCc1ccccc1)C(=O)C1CCCCC1. The van der Waals surface area contributed by atoms with E-state index in [1.54, 1.807) is 22.8 Å². The van der Waals surface area contributed by atoms with Gasteiger partial charge in [0.1, 0.15) is 5.82 Å². The van der Waals surface area contributed by atoms with Gasteiger partial charge in [-0.1, -0.05) is 68.1 Å². The Hall–Kier alpha value is -2.66. The van der Waals surface area contributed by atoms with Crippen molar-refractivity contribution in [2.75, 3.05) is 6.54 Å². The lowest BCUT2D eigenvalue weighted by Gasteiger charge is -2.36. The first-order valence-corrected chi connectivity index (χ1v) is 13.0. The van der Waals surface area contributed by atoms with Gasteiger partial charge in [-0.05, 0) is 56.4 Å². The molecule has 180 valence electrons. The number of aromatic nitrogens is 2. The van der Waals surface area contributed by atoms with Gasteiger partial charge in [0.05, 0.1) is 16.9 Å². The summed E-state index contributed by atoms with van der Waals surface area (Å²) in [6, 6.07) is 15.2. The quantitative estimate of drug-likeness (QED) is 0.388. The van der Waals surface area contributed by atoms with Crippen LogP contribution in [0.5, 0.6) is 0 Å². The third kappa shape index (κ3) is 5.20. The molecule has 2 aromatic carbocycles. The summed E-state index contributed by atoms with van der Waals surface area (Å²) in [5.41, 5.74) is 1.71. The lowest BCUT2D eigenvalue weighted by atomic mass is 9.87. The second-order valence-corrected chi connectivity index (χ2v) is 9.64. The molecule has 0 bridgehead atoms. The maximum absolute atomic E-state index is 13.9. The number of nitrogens with zero attached hydrogens (tertiary/aromatic N) is 3. The molecule has 3 aromatic rings. The first-order valence-electron chi connectivity index (χ1n) is 12.6. The third-order valence-electron chi connectivity index (χ3n) is 7.05. The summed E-state index contributed by atoms with van der Waals surface area (Å²) in [5, 5.41) is 1.10. The van der Waals surface area contributed by atoms with E-state index in [4.69, 9.17) is 16.6 Å². The van der Waals surface area contributed by atoms with Crippen LogP contribution in [0, 0.1) is 5.92 Å². The van der Waals surface area contributed by atoms with Crippen LogP contribution in [0.1, 0.15) is 69.8 Å². The number of rotatable bonds is 8.